The number of rotatable bonds is 7. The summed E-state index contributed by atoms with van der Waals surface area (Å²) < 4.78 is 0. The zero-order valence-electron chi connectivity index (χ0n) is 12.2. The summed E-state index contributed by atoms with van der Waals surface area (Å²) in [6, 6.07) is 11.8. The average Bonchev–Trinajstić information content (AvgIpc) is 2.51. The van der Waals surface area contributed by atoms with Crippen LogP contribution in [-0.4, -0.2) is 11.5 Å². The Kier molecular flexibility index (Phi) is 6.50. The van der Waals surface area contributed by atoms with Crippen LogP contribution < -0.4 is 5.32 Å². The molecule has 0 saturated heterocycles. The van der Waals surface area contributed by atoms with Gasteiger partial charge >= 0.3 is 0 Å². The largest absolute Gasteiger partial charge is 0.310 e. The summed E-state index contributed by atoms with van der Waals surface area (Å²) in [6.45, 7) is 3.11. The second-order valence-corrected chi connectivity index (χ2v) is 5.88. The highest BCUT2D eigenvalue weighted by Crippen LogP contribution is 2.29. The lowest BCUT2D eigenvalue weighted by Gasteiger charge is -2.20. The van der Waals surface area contributed by atoms with Gasteiger partial charge in [0, 0.05) is 28.0 Å². The number of hydrogen-bond donors (Lipinski definition) is 1. The highest BCUT2D eigenvalue weighted by atomic mass is 35.5. The number of nitrogens with zero attached hydrogens (tertiary/aromatic N) is 1. The minimum Gasteiger partial charge on any atom is -0.310 e. The quantitative estimate of drug-likeness (QED) is 0.770. The molecular weight excluding hydrogens is 303 g/mol. The van der Waals surface area contributed by atoms with E-state index in [4.69, 9.17) is 23.2 Å². The van der Waals surface area contributed by atoms with Gasteiger partial charge in [-0.25, -0.2) is 0 Å². The van der Waals surface area contributed by atoms with Crippen LogP contribution in [0.25, 0.3) is 0 Å². The van der Waals surface area contributed by atoms with Crippen molar-refractivity contribution >= 4 is 23.2 Å². The maximum Gasteiger partial charge on any atom is 0.0454 e. The molecule has 0 radical (unpaired) electrons. The SMILES string of the molecule is CCCNC(CCc1ccccn1)c1cc(Cl)ccc1Cl. The first-order valence-corrected chi connectivity index (χ1v) is 8.04. The molecule has 1 heterocycles. The van der Waals surface area contributed by atoms with Crippen LogP contribution in [0.5, 0.6) is 0 Å². The van der Waals surface area contributed by atoms with Crippen molar-refractivity contribution in [3.8, 4) is 0 Å². The third-order valence-corrected chi connectivity index (χ3v) is 3.97. The van der Waals surface area contributed by atoms with Crippen LogP contribution in [0, 0.1) is 0 Å². The molecule has 0 saturated carbocycles. The molecule has 4 heteroatoms. The fourth-order valence-electron chi connectivity index (χ4n) is 2.31. The van der Waals surface area contributed by atoms with Gasteiger partial charge in [-0.2, -0.15) is 0 Å². The van der Waals surface area contributed by atoms with E-state index in [2.05, 4.69) is 23.3 Å². The second-order valence-electron chi connectivity index (χ2n) is 5.03. The van der Waals surface area contributed by atoms with Gasteiger partial charge in [-0.3, -0.25) is 4.98 Å². The summed E-state index contributed by atoms with van der Waals surface area (Å²) in [7, 11) is 0. The highest BCUT2D eigenvalue weighted by Gasteiger charge is 2.15. The fraction of sp³-hybridized carbons (Fsp3) is 0.353. The zero-order valence-corrected chi connectivity index (χ0v) is 13.7. The first kappa shape index (κ1) is 16.3. The molecule has 2 rings (SSSR count). The molecule has 0 aliphatic rings. The Bertz CT molecular complexity index is 558. The van der Waals surface area contributed by atoms with Crippen molar-refractivity contribution in [3.63, 3.8) is 0 Å². The van der Waals surface area contributed by atoms with Crippen LogP contribution in [0.2, 0.25) is 10.0 Å². The second kappa shape index (κ2) is 8.38. The van der Waals surface area contributed by atoms with Gasteiger partial charge in [0.1, 0.15) is 0 Å². The number of aryl methyl sites for hydroxylation is 1. The molecule has 112 valence electrons. The van der Waals surface area contributed by atoms with Crippen LogP contribution in [-0.2, 0) is 6.42 Å². The van der Waals surface area contributed by atoms with Gasteiger partial charge in [0.15, 0.2) is 0 Å². The summed E-state index contributed by atoms with van der Waals surface area (Å²) in [6.07, 6.45) is 4.76. The van der Waals surface area contributed by atoms with Crippen molar-refractivity contribution in [1.82, 2.24) is 10.3 Å². The van der Waals surface area contributed by atoms with Crippen LogP contribution in [0.3, 0.4) is 0 Å². The Labute approximate surface area is 136 Å². The van der Waals surface area contributed by atoms with E-state index >= 15 is 0 Å². The van der Waals surface area contributed by atoms with E-state index in [1.165, 1.54) is 0 Å². The third kappa shape index (κ3) is 4.99. The molecule has 1 aromatic heterocycles. The normalized spacial score (nSPS) is 12.3. The predicted octanol–water partition coefficient (Wildman–Crippen LogP) is 5.06. The fourth-order valence-corrected chi connectivity index (χ4v) is 2.74. The van der Waals surface area contributed by atoms with Crippen molar-refractivity contribution in [1.29, 1.82) is 0 Å². The molecule has 0 spiro atoms. The predicted molar refractivity (Wildman–Crippen MR) is 90.1 cm³/mol. The molecule has 0 aliphatic heterocycles. The van der Waals surface area contributed by atoms with Crippen molar-refractivity contribution < 1.29 is 0 Å². The zero-order chi connectivity index (χ0) is 15.1. The molecule has 0 aliphatic carbocycles. The number of pyridine rings is 1. The van der Waals surface area contributed by atoms with Crippen LogP contribution in [0.1, 0.15) is 37.1 Å². The summed E-state index contributed by atoms with van der Waals surface area (Å²) in [5, 5.41) is 5.03. The lowest BCUT2D eigenvalue weighted by Crippen LogP contribution is -2.23. The molecular formula is C17H20Cl2N2. The van der Waals surface area contributed by atoms with Gasteiger partial charge in [0.25, 0.3) is 0 Å². The maximum absolute atomic E-state index is 6.34. The molecule has 2 nitrogen and oxygen atoms in total. The number of halogens is 2. The van der Waals surface area contributed by atoms with Crippen molar-refractivity contribution in [2.75, 3.05) is 6.54 Å². The van der Waals surface area contributed by atoms with Crippen molar-refractivity contribution in [3.05, 3.63) is 63.9 Å². The maximum atomic E-state index is 6.34. The van der Waals surface area contributed by atoms with Gasteiger partial charge < -0.3 is 5.32 Å². The lowest BCUT2D eigenvalue weighted by atomic mass is 10.0. The summed E-state index contributed by atoms with van der Waals surface area (Å²) in [5.41, 5.74) is 2.16. The first-order valence-electron chi connectivity index (χ1n) is 7.29. The van der Waals surface area contributed by atoms with Gasteiger partial charge in [-0.1, -0.05) is 36.2 Å². The molecule has 1 atom stereocenters. The summed E-state index contributed by atoms with van der Waals surface area (Å²) in [5.74, 6) is 0. The minimum atomic E-state index is 0.193. The standard InChI is InChI=1S/C17H20Cl2N2/c1-2-10-21-17(9-7-14-5-3-4-11-20-14)15-12-13(18)6-8-16(15)19/h3-6,8,11-12,17,21H,2,7,9-10H2,1H3. The molecule has 0 bridgehead atoms. The minimum absolute atomic E-state index is 0.193. The Morgan fingerprint density at radius 2 is 2.05 bits per heavy atom. The Balaban J connectivity index is 2.12. The van der Waals surface area contributed by atoms with Crippen molar-refractivity contribution in [2.24, 2.45) is 0 Å². The van der Waals surface area contributed by atoms with Gasteiger partial charge in [-0.05, 0) is 61.7 Å². The number of hydrogen-bond acceptors (Lipinski definition) is 2. The molecule has 0 amide bonds. The lowest BCUT2D eigenvalue weighted by molar-refractivity contribution is 0.497. The third-order valence-electron chi connectivity index (χ3n) is 3.39. The molecule has 2 aromatic rings. The van der Waals surface area contributed by atoms with E-state index in [0.717, 1.165) is 47.1 Å². The molecule has 21 heavy (non-hydrogen) atoms. The van der Waals surface area contributed by atoms with E-state index in [1.54, 1.807) is 0 Å². The Morgan fingerprint density at radius 3 is 2.76 bits per heavy atom. The smallest absolute Gasteiger partial charge is 0.0454 e. The van der Waals surface area contributed by atoms with Gasteiger partial charge in [0.05, 0.1) is 0 Å². The molecule has 1 aromatic carbocycles. The van der Waals surface area contributed by atoms with E-state index in [1.807, 2.05) is 36.5 Å². The average molecular weight is 323 g/mol. The highest BCUT2D eigenvalue weighted by molar-refractivity contribution is 6.33. The van der Waals surface area contributed by atoms with E-state index in [0.29, 0.717) is 0 Å². The number of nitrogens with one attached hydrogen (secondary N) is 1. The van der Waals surface area contributed by atoms with Gasteiger partial charge in [0.2, 0.25) is 0 Å². The monoisotopic (exact) mass is 322 g/mol. The van der Waals surface area contributed by atoms with E-state index in [9.17, 15) is 0 Å². The van der Waals surface area contributed by atoms with Crippen LogP contribution in [0.4, 0.5) is 0 Å². The van der Waals surface area contributed by atoms with E-state index in [-0.39, 0.29) is 6.04 Å². The van der Waals surface area contributed by atoms with Crippen molar-refractivity contribution in [2.45, 2.75) is 32.2 Å². The van der Waals surface area contributed by atoms with E-state index < -0.39 is 0 Å². The van der Waals surface area contributed by atoms with Gasteiger partial charge in [-0.15, -0.1) is 0 Å². The molecule has 0 fully saturated rings. The Hall–Kier alpha value is -1.09. The molecule has 1 unspecified atom stereocenters. The summed E-state index contributed by atoms with van der Waals surface area (Å²) >= 11 is 12.5. The summed E-state index contributed by atoms with van der Waals surface area (Å²) in [4.78, 5) is 4.38. The molecule has 1 N–H and O–H groups in total. The number of aromatic nitrogens is 1. The van der Waals surface area contributed by atoms with Crippen LogP contribution in [0.15, 0.2) is 42.6 Å². The Morgan fingerprint density at radius 1 is 1.19 bits per heavy atom. The van der Waals surface area contributed by atoms with Crippen LogP contribution >= 0.6 is 23.2 Å². The topological polar surface area (TPSA) is 24.9 Å². The number of benzene rings is 1. The first-order chi connectivity index (χ1) is 10.2.